The van der Waals surface area contributed by atoms with Crippen molar-refractivity contribution in [2.24, 2.45) is 4.99 Å². The van der Waals surface area contributed by atoms with Crippen molar-refractivity contribution in [3.63, 3.8) is 0 Å². The molecule has 1 heterocycles. The van der Waals surface area contributed by atoms with Crippen LogP contribution >= 0.6 is 35.2 Å². The molecule has 142 valence electrons. The van der Waals surface area contributed by atoms with E-state index < -0.39 is 0 Å². The number of nitrogens with zero attached hydrogens (tertiary/aromatic N) is 2. The topological polar surface area (TPSA) is 26.5 Å². The number of aromatic nitrogens is 1. The molecule has 1 aromatic heterocycles. The summed E-state index contributed by atoms with van der Waals surface area (Å²) >= 11 is 13.5. The van der Waals surface area contributed by atoms with Gasteiger partial charge in [-0.3, -0.25) is 0 Å². The third kappa shape index (κ3) is 4.76. The molecule has 0 saturated heterocycles. The maximum Gasteiger partial charge on any atom is 0.191 e. The molecule has 3 nitrogen and oxygen atoms in total. The minimum atomic E-state index is 0.0752. The monoisotopic (exact) mass is 410 g/mol. The van der Waals surface area contributed by atoms with Gasteiger partial charge in [0.1, 0.15) is 10.7 Å². The molecular weight excluding hydrogens is 384 g/mol. The van der Waals surface area contributed by atoms with Crippen LogP contribution in [0.15, 0.2) is 23.2 Å². The second-order valence-electron chi connectivity index (χ2n) is 7.32. The van der Waals surface area contributed by atoms with Crippen molar-refractivity contribution in [3.8, 4) is 5.75 Å². The van der Waals surface area contributed by atoms with E-state index in [-0.39, 0.29) is 5.41 Å². The van der Waals surface area contributed by atoms with E-state index in [0.29, 0.717) is 15.8 Å². The first-order valence-electron chi connectivity index (χ1n) is 8.82. The molecule has 6 heteroatoms. The number of hydrogen-bond acceptors (Lipinski definition) is 3. The summed E-state index contributed by atoms with van der Waals surface area (Å²) < 4.78 is 7.72. The van der Waals surface area contributed by atoms with E-state index in [2.05, 4.69) is 39.2 Å². The zero-order valence-electron chi connectivity index (χ0n) is 16.4. The van der Waals surface area contributed by atoms with Crippen LogP contribution in [0.5, 0.6) is 5.75 Å². The van der Waals surface area contributed by atoms with Gasteiger partial charge in [0.15, 0.2) is 4.80 Å². The van der Waals surface area contributed by atoms with E-state index in [4.69, 9.17) is 33.5 Å². The highest BCUT2D eigenvalue weighted by Gasteiger charge is 2.22. The molecule has 0 unspecified atom stereocenters. The molecule has 0 amide bonds. The Labute approximate surface area is 170 Å². The highest BCUT2D eigenvalue weighted by Crippen LogP contribution is 2.29. The lowest BCUT2D eigenvalue weighted by Gasteiger charge is -2.17. The standard InChI is InChI=1S/C20H27ClN2OS2/c1-7-8-11-23-13(2)17(20(3,4)5)26-19(23)22-18(25)15-12-14(21)9-10-16(15)24-6/h9-10,12H,7-8,11H2,1-6H3. The number of hydrogen-bond donors (Lipinski definition) is 0. The minimum Gasteiger partial charge on any atom is -0.496 e. The molecule has 0 bridgehead atoms. The smallest absolute Gasteiger partial charge is 0.191 e. The molecule has 26 heavy (non-hydrogen) atoms. The first kappa shape index (κ1) is 21.1. The van der Waals surface area contributed by atoms with Gasteiger partial charge in [-0.1, -0.05) is 57.9 Å². The van der Waals surface area contributed by atoms with Gasteiger partial charge in [-0.15, -0.1) is 11.3 Å². The van der Waals surface area contributed by atoms with Crippen molar-refractivity contribution in [3.05, 3.63) is 44.2 Å². The van der Waals surface area contributed by atoms with Crippen LogP contribution in [0, 0.1) is 6.92 Å². The highest BCUT2D eigenvalue weighted by atomic mass is 35.5. The Bertz CT molecular complexity index is 860. The van der Waals surface area contributed by atoms with Crippen LogP contribution in [0.25, 0.3) is 0 Å². The van der Waals surface area contributed by atoms with Gasteiger partial charge in [0.2, 0.25) is 0 Å². The predicted molar refractivity (Wildman–Crippen MR) is 116 cm³/mol. The number of rotatable bonds is 5. The molecule has 2 rings (SSSR count). The first-order chi connectivity index (χ1) is 12.2. The van der Waals surface area contributed by atoms with Crippen LogP contribution in [-0.2, 0) is 12.0 Å². The summed E-state index contributed by atoms with van der Waals surface area (Å²) in [5.41, 5.74) is 2.10. The van der Waals surface area contributed by atoms with Crippen LogP contribution in [0.2, 0.25) is 5.02 Å². The fraction of sp³-hybridized carbons (Fsp3) is 0.500. The number of thiazole rings is 1. The first-order valence-corrected chi connectivity index (χ1v) is 10.4. The number of benzene rings is 1. The van der Waals surface area contributed by atoms with E-state index in [1.165, 1.54) is 10.6 Å². The molecule has 0 N–H and O–H groups in total. The lowest BCUT2D eigenvalue weighted by Crippen LogP contribution is -2.19. The van der Waals surface area contributed by atoms with Gasteiger partial charge in [-0.05, 0) is 37.0 Å². The summed E-state index contributed by atoms with van der Waals surface area (Å²) in [5.74, 6) is 0.688. The lowest BCUT2D eigenvalue weighted by molar-refractivity contribution is 0.414. The van der Waals surface area contributed by atoms with E-state index in [1.807, 2.05) is 12.1 Å². The molecular formula is C20H27ClN2OS2. The Morgan fingerprint density at radius 3 is 2.62 bits per heavy atom. The predicted octanol–water partition coefficient (Wildman–Crippen LogP) is 5.89. The van der Waals surface area contributed by atoms with Crippen molar-refractivity contribution >= 4 is 40.1 Å². The SMILES string of the molecule is CCCCn1c(C)c(C(C)(C)C)sc1=NC(=S)c1cc(Cl)ccc1OC. The molecule has 0 aliphatic carbocycles. The Morgan fingerprint density at radius 2 is 2.04 bits per heavy atom. The van der Waals surface area contributed by atoms with Crippen molar-refractivity contribution in [1.82, 2.24) is 4.57 Å². The summed E-state index contributed by atoms with van der Waals surface area (Å²) in [6.07, 6.45) is 2.25. The van der Waals surface area contributed by atoms with E-state index in [0.717, 1.165) is 29.8 Å². The second-order valence-corrected chi connectivity index (χ2v) is 9.12. The largest absolute Gasteiger partial charge is 0.496 e. The van der Waals surface area contributed by atoms with Gasteiger partial charge in [0.25, 0.3) is 0 Å². The van der Waals surface area contributed by atoms with Gasteiger partial charge in [-0.2, -0.15) is 0 Å². The second kappa shape index (κ2) is 8.68. The fourth-order valence-corrected chi connectivity index (χ4v) is 4.54. The average Bonchev–Trinajstić information content (AvgIpc) is 2.88. The van der Waals surface area contributed by atoms with E-state index in [1.54, 1.807) is 24.5 Å². The van der Waals surface area contributed by atoms with Crippen molar-refractivity contribution < 1.29 is 4.74 Å². The maximum absolute atomic E-state index is 6.15. The number of methoxy groups -OCH3 is 1. The maximum atomic E-state index is 6.15. The molecule has 0 radical (unpaired) electrons. The molecule has 0 fully saturated rings. The lowest BCUT2D eigenvalue weighted by atomic mass is 9.93. The normalized spacial score (nSPS) is 12.5. The number of thiocarbonyl (C=S) groups is 1. The van der Waals surface area contributed by atoms with Crippen molar-refractivity contribution in [2.45, 2.75) is 59.4 Å². The summed E-state index contributed by atoms with van der Waals surface area (Å²) in [6, 6.07) is 5.43. The third-order valence-electron chi connectivity index (χ3n) is 4.16. The van der Waals surface area contributed by atoms with Crippen LogP contribution in [0.1, 0.15) is 56.7 Å². The quantitative estimate of drug-likeness (QED) is 0.574. The van der Waals surface area contributed by atoms with Crippen LogP contribution in [-0.4, -0.2) is 16.7 Å². The zero-order chi connectivity index (χ0) is 19.5. The Balaban J connectivity index is 2.59. The van der Waals surface area contributed by atoms with E-state index >= 15 is 0 Å². The van der Waals surface area contributed by atoms with Crippen LogP contribution in [0.3, 0.4) is 0 Å². The molecule has 0 saturated carbocycles. The number of ether oxygens (including phenoxy) is 1. The van der Waals surface area contributed by atoms with E-state index in [9.17, 15) is 0 Å². The fourth-order valence-electron chi connectivity index (χ4n) is 2.84. The third-order valence-corrected chi connectivity index (χ3v) is 6.32. The van der Waals surface area contributed by atoms with Crippen LogP contribution in [0.4, 0.5) is 0 Å². The van der Waals surface area contributed by atoms with Gasteiger partial charge >= 0.3 is 0 Å². The molecule has 0 spiro atoms. The molecule has 1 aromatic carbocycles. The zero-order valence-corrected chi connectivity index (χ0v) is 18.7. The highest BCUT2D eigenvalue weighted by molar-refractivity contribution is 7.80. The van der Waals surface area contributed by atoms with Crippen molar-refractivity contribution in [2.75, 3.05) is 7.11 Å². The Hall–Kier alpha value is -1.17. The Kier molecular flexibility index (Phi) is 7.05. The van der Waals surface area contributed by atoms with Gasteiger partial charge < -0.3 is 9.30 Å². The minimum absolute atomic E-state index is 0.0752. The van der Waals surface area contributed by atoms with Gasteiger partial charge in [0, 0.05) is 22.1 Å². The summed E-state index contributed by atoms with van der Waals surface area (Å²) in [5, 5.41) is 0.620. The Morgan fingerprint density at radius 1 is 1.35 bits per heavy atom. The number of halogens is 1. The molecule has 0 atom stereocenters. The van der Waals surface area contributed by atoms with Gasteiger partial charge in [0.05, 0.1) is 12.7 Å². The summed E-state index contributed by atoms with van der Waals surface area (Å²) in [6.45, 7) is 12.0. The average molecular weight is 411 g/mol. The van der Waals surface area contributed by atoms with Crippen molar-refractivity contribution in [1.29, 1.82) is 0 Å². The summed E-state index contributed by atoms with van der Waals surface area (Å²) in [4.78, 5) is 7.58. The van der Waals surface area contributed by atoms with Gasteiger partial charge in [-0.25, -0.2) is 4.99 Å². The number of unbranched alkanes of at least 4 members (excludes halogenated alkanes) is 1. The van der Waals surface area contributed by atoms with Crippen LogP contribution < -0.4 is 9.54 Å². The molecule has 0 aliphatic rings. The molecule has 0 aliphatic heterocycles. The summed E-state index contributed by atoms with van der Waals surface area (Å²) in [7, 11) is 1.63. The molecule has 2 aromatic rings.